The van der Waals surface area contributed by atoms with Gasteiger partial charge in [-0.1, -0.05) is 38.1 Å². The van der Waals surface area contributed by atoms with E-state index in [0.717, 1.165) is 5.56 Å². The van der Waals surface area contributed by atoms with Crippen LogP contribution >= 0.6 is 0 Å². The summed E-state index contributed by atoms with van der Waals surface area (Å²) >= 11 is 0. The Balaban J connectivity index is 1.86. The van der Waals surface area contributed by atoms with Crippen molar-refractivity contribution >= 4 is 11.6 Å². The Morgan fingerprint density at radius 3 is 2.64 bits per heavy atom. The highest BCUT2D eigenvalue weighted by atomic mass is 16.5. The van der Waals surface area contributed by atoms with E-state index in [2.05, 4.69) is 31.0 Å². The monoisotopic (exact) mass is 337 g/mol. The van der Waals surface area contributed by atoms with Gasteiger partial charge in [0, 0.05) is 23.9 Å². The standard InChI is InChI=1S/C20H23N3O2/c1-13(2)17-5-4-12-23(17)20(24)15-8-6-14(7-9-15)18-19(25-3)16(21)10-11-22-18/h4-11,13,17H,12H2,1-3H3,(H2,21,22)/t17-/m1/s1. The number of carbonyl (C=O) groups is 1. The average molecular weight is 337 g/mol. The lowest BCUT2D eigenvalue weighted by Gasteiger charge is -2.27. The molecule has 130 valence electrons. The van der Waals surface area contributed by atoms with Gasteiger partial charge < -0.3 is 15.4 Å². The van der Waals surface area contributed by atoms with Gasteiger partial charge in [-0.15, -0.1) is 0 Å². The second-order valence-corrected chi connectivity index (χ2v) is 6.48. The number of hydrogen-bond donors (Lipinski definition) is 1. The van der Waals surface area contributed by atoms with Gasteiger partial charge in [0.25, 0.3) is 5.91 Å². The predicted molar refractivity (Wildman–Crippen MR) is 99.4 cm³/mol. The first-order chi connectivity index (χ1) is 12.0. The van der Waals surface area contributed by atoms with Gasteiger partial charge in [0.2, 0.25) is 0 Å². The lowest BCUT2D eigenvalue weighted by molar-refractivity contribution is 0.0720. The van der Waals surface area contributed by atoms with Crippen molar-refractivity contribution in [3.63, 3.8) is 0 Å². The van der Waals surface area contributed by atoms with Crippen molar-refractivity contribution in [1.82, 2.24) is 9.88 Å². The number of ether oxygens (including phenoxy) is 1. The third-order valence-corrected chi connectivity index (χ3v) is 4.48. The van der Waals surface area contributed by atoms with Gasteiger partial charge in [-0.05, 0) is 24.1 Å². The highest BCUT2D eigenvalue weighted by Crippen LogP contribution is 2.32. The maximum atomic E-state index is 12.8. The lowest BCUT2D eigenvalue weighted by atomic mass is 10.0. The van der Waals surface area contributed by atoms with E-state index in [1.807, 2.05) is 29.2 Å². The van der Waals surface area contributed by atoms with Crippen molar-refractivity contribution in [2.75, 3.05) is 19.4 Å². The number of nitrogens with two attached hydrogens (primary N) is 1. The first kappa shape index (κ1) is 17.0. The third-order valence-electron chi connectivity index (χ3n) is 4.48. The molecule has 0 saturated carbocycles. The number of amides is 1. The van der Waals surface area contributed by atoms with Gasteiger partial charge in [0.05, 0.1) is 18.8 Å². The van der Waals surface area contributed by atoms with E-state index in [-0.39, 0.29) is 11.9 Å². The fourth-order valence-corrected chi connectivity index (χ4v) is 3.16. The van der Waals surface area contributed by atoms with Gasteiger partial charge in [-0.3, -0.25) is 9.78 Å². The molecule has 0 radical (unpaired) electrons. The minimum Gasteiger partial charge on any atom is -0.492 e. The molecule has 2 N–H and O–H groups in total. The number of nitrogens with zero attached hydrogens (tertiary/aromatic N) is 2. The largest absolute Gasteiger partial charge is 0.492 e. The Morgan fingerprint density at radius 2 is 2.00 bits per heavy atom. The quantitative estimate of drug-likeness (QED) is 0.869. The van der Waals surface area contributed by atoms with E-state index in [9.17, 15) is 4.79 Å². The zero-order valence-corrected chi connectivity index (χ0v) is 14.8. The van der Waals surface area contributed by atoms with Crippen LogP contribution in [0.15, 0.2) is 48.7 Å². The number of pyridine rings is 1. The van der Waals surface area contributed by atoms with E-state index >= 15 is 0 Å². The number of rotatable bonds is 4. The third kappa shape index (κ3) is 3.22. The minimum atomic E-state index is 0.0442. The maximum absolute atomic E-state index is 12.8. The van der Waals surface area contributed by atoms with E-state index in [4.69, 9.17) is 10.5 Å². The first-order valence-electron chi connectivity index (χ1n) is 8.39. The Hall–Kier alpha value is -2.82. The molecule has 0 aliphatic carbocycles. The Morgan fingerprint density at radius 1 is 1.28 bits per heavy atom. The van der Waals surface area contributed by atoms with E-state index in [1.165, 1.54) is 0 Å². The van der Waals surface area contributed by atoms with Crippen LogP contribution in [-0.4, -0.2) is 35.5 Å². The molecule has 2 aromatic rings. The van der Waals surface area contributed by atoms with Gasteiger partial charge in [0.1, 0.15) is 5.69 Å². The number of hydrogen-bond acceptors (Lipinski definition) is 4. The van der Waals surface area contributed by atoms with Crippen molar-refractivity contribution in [3.05, 3.63) is 54.2 Å². The summed E-state index contributed by atoms with van der Waals surface area (Å²) in [5.74, 6) is 0.982. The van der Waals surface area contributed by atoms with Gasteiger partial charge in [0.15, 0.2) is 5.75 Å². The zero-order valence-electron chi connectivity index (χ0n) is 14.8. The van der Waals surface area contributed by atoms with Gasteiger partial charge in [-0.25, -0.2) is 0 Å². The van der Waals surface area contributed by atoms with Crippen molar-refractivity contribution < 1.29 is 9.53 Å². The number of carbonyl (C=O) groups excluding carboxylic acids is 1. The van der Waals surface area contributed by atoms with E-state index in [1.54, 1.807) is 19.4 Å². The highest BCUT2D eigenvalue weighted by Gasteiger charge is 2.27. The molecule has 3 rings (SSSR count). The lowest BCUT2D eigenvalue weighted by Crippen LogP contribution is -2.38. The van der Waals surface area contributed by atoms with Crippen LogP contribution in [-0.2, 0) is 0 Å². The molecule has 0 spiro atoms. The van der Waals surface area contributed by atoms with Gasteiger partial charge in [-0.2, -0.15) is 0 Å². The summed E-state index contributed by atoms with van der Waals surface area (Å²) in [6, 6.07) is 9.28. The Kier molecular flexibility index (Phi) is 4.74. The molecule has 1 amide bonds. The molecule has 0 saturated heterocycles. The molecule has 1 aromatic carbocycles. The first-order valence-corrected chi connectivity index (χ1v) is 8.39. The summed E-state index contributed by atoms with van der Waals surface area (Å²) in [7, 11) is 1.57. The number of aromatic nitrogens is 1. The second-order valence-electron chi connectivity index (χ2n) is 6.48. The summed E-state index contributed by atoms with van der Waals surface area (Å²) in [5, 5.41) is 0. The van der Waals surface area contributed by atoms with Crippen LogP contribution in [0.25, 0.3) is 11.3 Å². The minimum absolute atomic E-state index is 0.0442. The zero-order chi connectivity index (χ0) is 18.0. The van der Waals surface area contributed by atoms with Crippen LogP contribution < -0.4 is 10.5 Å². The molecule has 1 aliphatic heterocycles. The molecule has 5 heteroatoms. The summed E-state index contributed by atoms with van der Waals surface area (Å²) < 4.78 is 5.36. The molecule has 0 bridgehead atoms. The Labute approximate surface area is 148 Å². The summed E-state index contributed by atoms with van der Waals surface area (Å²) in [6.45, 7) is 4.91. The molecule has 1 aromatic heterocycles. The molecule has 2 heterocycles. The molecule has 0 fully saturated rings. The summed E-state index contributed by atoms with van der Waals surface area (Å²) in [4.78, 5) is 19.1. The van der Waals surface area contributed by atoms with Crippen LogP contribution in [0, 0.1) is 5.92 Å². The molecular formula is C20H23N3O2. The fourth-order valence-electron chi connectivity index (χ4n) is 3.16. The van der Waals surface area contributed by atoms with Crippen molar-refractivity contribution in [2.45, 2.75) is 19.9 Å². The average Bonchev–Trinajstić information content (AvgIpc) is 3.11. The van der Waals surface area contributed by atoms with Crippen LogP contribution in [0.4, 0.5) is 5.69 Å². The number of methoxy groups -OCH3 is 1. The molecule has 5 nitrogen and oxygen atoms in total. The second kappa shape index (κ2) is 6.97. The highest BCUT2D eigenvalue weighted by molar-refractivity contribution is 5.95. The smallest absolute Gasteiger partial charge is 0.254 e. The summed E-state index contributed by atoms with van der Waals surface area (Å²) in [6.07, 6.45) is 5.81. The molecule has 1 aliphatic rings. The van der Waals surface area contributed by atoms with Crippen molar-refractivity contribution in [2.24, 2.45) is 5.92 Å². The van der Waals surface area contributed by atoms with Crippen LogP contribution in [0.5, 0.6) is 5.75 Å². The molecule has 1 atom stereocenters. The van der Waals surface area contributed by atoms with Gasteiger partial charge >= 0.3 is 0 Å². The van der Waals surface area contributed by atoms with E-state index < -0.39 is 0 Å². The van der Waals surface area contributed by atoms with Crippen LogP contribution in [0.1, 0.15) is 24.2 Å². The number of anilines is 1. The molecule has 0 unspecified atom stereocenters. The molecule has 25 heavy (non-hydrogen) atoms. The number of nitrogen functional groups attached to an aromatic ring is 1. The van der Waals surface area contributed by atoms with E-state index in [0.29, 0.717) is 35.2 Å². The summed E-state index contributed by atoms with van der Waals surface area (Å²) in [5.41, 5.74) is 8.68. The van der Waals surface area contributed by atoms with Crippen LogP contribution in [0.2, 0.25) is 0 Å². The number of benzene rings is 1. The normalized spacial score (nSPS) is 16.5. The maximum Gasteiger partial charge on any atom is 0.254 e. The SMILES string of the molecule is COc1c(N)ccnc1-c1ccc(C(=O)N2CC=C[C@@H]2C(C)C)cc1. The van der Waals surface area contributed by atoms with Crippen LogP contribution in [0.3, 0.4) is 0 Å². The predicted octanol–water partition coefficient (Wildman–Crippen LogP) is 3.38. The van der Waals surface area contributed by atoms with Crippen molar-refractivity contribution in [1.29, 1.82) is 0 Å². The Bertz CT molecular complexity index is 797. The van der Waals surface area contributed by atoms with Crippen molar-refractivity contribution in [3.8, 4) is 17.0 Å². The topological polar surface area (TPSA) is 68.5 Å². The molecular weight excluding hydrogens is 314 g/mol. The fraction of sp³-hybridized carbons (Fsp3) is 0.300.